The van der Waals surface area contributed by atoms with Crippen LogP contribution in [-0.4, -0.2) is 37.5 Å². The van der Waals surface area contributed by atoms with Gasteiger partial charge in [-0.3, -0.25) is 9.69 Å². The van der Waals surface area contributed by atoms with Crippen LogP contribution >= 0.6 is 0 Å². The molecule has 0 atom stereocenters. The minimum Gasteiger partial charge on any atom is -0.351 e. The molecule has 0 aliphatic carbocycles. The molecule has 0 N–H and O–H groups in total. The maximum absolute atomic E-state index is 11.4. The highest BCUT2D eigenvalue weighted by atomic mass is 16.1. The number of hydrogen-bond donors (Lipinski definition) is 0. The molecule has 0 unspecified atom stereocenters. The lowest BCUT2D eigenvalue weighted by Gasteiger charge is -2.33. The summed E-state index contributed by atoms with van der Waals surface area (Å²) in [7, 11) is 1.97. The van der Waals surface area contributed by atoms with Gasteiger partial charge in [-0.1, -0.05) is 18.2 Å². The van der Waals surface area contributed by atoms with Crippen molar-refractivity contribution in [2.75, 3.05) is 31.7 Å². The zero-order valence-electron chi connectivity index (χ0n) is 8.31. The lowest BCUT2D eigenvalue weighted by molar-refractivity contribution is -0.120. The van der Waals surface area contributed by atoms with E-state index in [1.807, 2.05) is 42.3 Å². The van der Waals surface area contributed by atoms with Gasteiger partial charge in [-0.2, -0.15) is 0 Å². The van der Waals surface area contributed by atoms with E-state index in [0.29, 0.717) is 13.1 Å². The Kier molecular flexibility index (Phi) is 2.50. The Balaban J connectivity index is 2.15. The van der Waals surface area contributed by atoms with Crippen LogP contribution in [0.2, 0.25) is 0 Å². The number of ketones is 1. The molecule has 0 bridgehead atoms. The van der Waals surface area contributed by atoms with Crippen molar-refractivity contribution < 1.29 is 4.79 Å². The van der Waals surface area contributed by atoms with Crippen LogP contribution in [0.4, 0.5) is 5.69 Å². The fraction of sp³-hybridized carbons (Fsp3) is 0.364. The van der Waals surface area contributed by atoms with Crippen LogP contribution in [0.25, 0.3) is 0 Å². The average Bonchev–Trinajstić information content (AvgIpc) is 2.18. The normalized spacial score (nSPS) is 18.6. The summed E-state index contributed by atoms with van der Waals surface area (Å²) in [5.74, 6) is 0.280. The maximum Gasteiger partial charge on any atom is 0.166 e. The van der Waals surface area contributed by atoms with Gasteiger partial charge in [0.25, 0.3) is 0 Å². The Morgan fingerprint density at radius 1 is 1.14 bits per heavy atom. The summed E-state index contributed by atoms with van der Waals surface area (Å²) in [6.07, 6.45) is 0. The van der Waals surface area contributed by atoms with E-state index in [4.69, 9.17) is 0 Å². The molecule has 2 rings (SSSR count). The molecule has 0 aromatic heterocycles. The van der Waals surface area contributed by atoms with Crippen LogP contribution in [0.1, 0.15) is 0 Å². The Morgan fingerprint density at radius 2 is 1.86 bits per heavy atom. The summed E-state index contributed by atoms with van der Waals surface area (Å²) in [6, 6.07) is 10.0. The fourth-order valence-electron chi connectivity index (χ4n) is 1.77. The van der Waals surface area contributed by atoms with Crippen molar-refractivity contribution in [1.82, 2.24) is 4.90 Å². The SMILES string of the molecule is CN1CC(=O)CN(c2ccccc2)C1. The number of anilines is 1. The summed E-state index contributed by atoms with van der Waals surface area (Å²) in [5.41, 5.74) is 1.12. The van der Waals surface area contributed by atoms with E-state index in [9.17, 15) is 4.79 Å². The van der Waals surface area contributed by atoms with Gasteiger partial charge in [-0.05, 0) is 19.2 Å². The van der Waals surface area contributed by atoms with Gasteiger partial charge in [0.05, 0.1) is 19.8 Å². The van der Waals surface area contributed by atoms with Gasteiger partial charge >= 0.3 is 0 Å². The molecule has 1 saturated heterocycles. The number of hydrogen-bond acceptors (Lipinski definition) is 3. The van der Waals surface area contributed by atoms with Crippen molar-refractivity contribution in [2.24, 2.45) is 0 Å². The predicted molar refractivity (Wildman–Crippen MR) is 56.3 cm³/mol. The summed E-state index contributed by atoms with van der Waals surface area (Å²) in [4.78, 5) is 15.5. The van der Waals surface area contributed by atoms with Gasteiger partial charge in [0, 0.05) is 5.69 Å². The smallest absolute Gasteiger partial charge is 0.166 e. The molecule has 0 amide bonds. The van der Waals surface area contributed by atoms with E-state index in [0.717, 1.165) is 12.4 Å². The highest BCUT2D eigenvalue weighted by Crippen LogP contribution is 2.15. The Hall–Kier alpha value is -1.35. The van der Waals surface area contributed by atoms with E-state index in [1.54, 1.807) is 0 Å². The number of likely N-dealkylation sites (N-methyl/N-ethyl adjacent to an activating group) is 1. The molecule has 3 nitrogen and oxygen atoms in total. The number of para-hydroxylation sites is 1. The number of rotatable bonds is 1. The van der Waals surface area contributed by atoms with Crippen molar-refractivity contribution in [3.63, 3.8) is 0 Å². The lowest BCUT2D eigenvalue weighted by Crippen LogP contribution is -2.48. The minimum absolute atomic E-state index is 0.280. The summed E-state index contributed by atoms with van der Waals surface area (Å²) in [5, 5.41) is 0. The summed E-state index contributed by atoms with van der Waals surface area (Å²) < 4.78 is 0. The topological polar surface area (TPSA) is 23.6 Å². The third kappa shape index (κ3) is 1.93. The van der Waals surface area contributed by atoms with Crippen LogP contribution in [0, 0.1) is 0 Å². The molecule has 1 aliphatic heterocycles. The Morgan fingerprint density at radius 3 is 2.50 bits per heavy atom. The maximum atomic E-state index is 11.4. The van der Waals surface area contributed by atoms with Gasteiger partial charge in [0.1, 0.15) is 0 Å². The minimum atomic E-state index is 0.280. The van der Waals surface area contributed by atoms with Gasteiger partial charge in [0.2, 0.25) is 0 Å². The van der Waals surface area contributed by atoms with E-state index in [1.165, 1.54) is 0 Å². The van der Waals surface area contributed by atoms with Crippen LogP contribution in [-0.2, 0) is 4.79 Å². The van der Waals surface area contributed by atoms with E-state index in [2.05, 4.69) is 4.90 Å². The molecule has 14 heavy (non-hydrogen) atoms. The largest absolute Gasteiger partial charge is 0.351 e. The number of benzene rings is 1. The Labute approximate surface area is 83.9 Å². The molecule has 0 spiro atoms. The second-order valence-corrected chi connectivity index (χ2v) is 3.73. The molecular weight excluding hydrogens is 176 g/mol. The number of carbonyl (C=O) groups is 1. The first-order chi connectivity index (χ1) is 6.75. The van der Waals surface area contributed by atoms with Crippen LogP contribution < -0.4 is 4.90 Å². The first kappa shape index (κ1) is 9.21. The second kappa shape index (κ2) is 3.80. The number of Topliss-reactive ketones (excluding diaryl/α,β-unsaturated/α-hetero) is 1. The van der Waals surface area contributed by atoms with Crippen molar-refractivity contribution in [3.05, 3.63) is 30.3 Å². The first-order valence-electron chi connectivity index (χ1n) is 4.76. The van der Waals surface area contributed by atoms with Crippen molar-refractivity contribution in [2.45, 2.75) is 0 Å². The molecule has 74 valence electrons. The van der Waals surface area contributed by atoms with Crippen LogP contribution in [0.3, 0.4) is 0 Å². The fourth-order valence-corrected chi connectivity index (χ4v) is 1.77. The highest BCUT2D eigenvalue weighted by Gasteiger charge is 2.20. The lowest BCUT2D eigenvalue weighted by atomic mass is 10.2. The van der Waals surface area contributed by atoms with Gasteiger partial charge < -0.3 is 4.90 Å². The standard InChI is InChI=1S/C11H14N2O/c1-12-7-11(14)8-13(9-12)10-5-3-2-4-6-10/h2-6H,7-9H2,1H3. The molecule has 1 aromatic rings. The van der Waals surface area contributed by atoms with E-state index in [-0.39, 0.29) is 5.78 Å². The first-order valence-corrected chi connectivity index (χ1v) is 4.76. The number of carbonyl (C=O) groups excluding carboxylic acids is 1. The highest BCUT2D eigenvalue weighted by molar-refractivity contribution is 5.86. The molecule has 0 radical (unpaired) electrons. The van der Waals surface area contributed by atoms with Gasteiger partial charge in [-0.25, -0.2) is 0 Å². The molecule has 3 heteroatoms. The molecule has 1 heterocycles. The monoisotopic (exact) mass is 190 g/mol. The van der Waals surface area contributed by atoms with Crippen molar-refractivity contribution in [1.29, 1.82) is 0 Å². The summed E-state index contributed by atoms with van der Waals surface area (Å²) >= 11 is 0. The number of nitrogens with zero attached hydrogens (tertiary/aromatic N) is 2. The summed E-state index contributed by atoms with van der Waals surface area (Å²) in [6.45, 7) is 1.94. The average molecular weight is 190 g/mol. The molecule has 1 aromatic carbocycles. The molecule has 0 saturated carbocycles. The second-order valence-electron chi connectivity index (χ2n) is 3.73. The van der Waals surface area contributed by atoms with Gasteiger partial charge in [-0.15, -0.1) is 0 Å². The van der Waals surface area contributed by atoms with Crippen LogP contribution in [0.5, 0.6) is 0 Å². The molecule has 1 aliphatic rings. The van der Waals surface area contributed by atoms with Crippen LogP contribution in [0.15, 0.2) is 30.3 Å². The third-order valence-electron chi connectivity index (χ3n) is 2.35. The molecular formula is C11H14N2O. The third-order valence-corrected chi connectivity index (χ3v) is 2.35. The van der Waals surface area contributed by atoms with Crippen molar-refractivity contribution in [3.8, 4) is 0 Å². The van der Waals surface area contributed by atoms with Gasteiger partial charge in [0.15, 0.2) is 5.78 Å². The molecule has 1 fully saturated rings. The quantitative estimate of drug-likeness (QED) is 0.659. The van der Waals surface area contributed by atoms with Crippen molar-refractivity contribution >= 4 is 11.5 Å². The zero-order chi connectivity index (χ0) is 9.97. The Bertz CT molecular complexity index is 323. The van der Waals surface area contributed by atoms with E-state index < -0.39 is 0 Å². The van der Waals surface area contributed by atoms with E-state index >= 15 is 0 Å². The zero-order valence-corrected chi connectivity index (χ0v) is 8.31. The predicted octanol–water partition coefficient (Wildman–Crippen LogP) is 0.965.